The zero-order valence-electron chi connectivity index (χ0n) is 11.7. The molecular formula is C15H22N4O. The van der Waals surface area contributed by atoms with E-state index in [2.05, 4.69) is 10.4 Å². The van der Waals surface area contributed by atoms with Gasteiger partial charge in [-0.1, -0.05) is 12.8 Å². The maximum atomic E-state index is 12.8. The van der Waals surface area contributed by atoms with Crippen LogP contribution in [0.1, 0.15) is 48.9 Å². The third-order valence-corrected chi connectivity index (χ3v) is 4.71. The molecule has 1 atom stereocenters. The van der Waals surface area contributed by atoms with Crippen molar-refractivity contribution >= 4 is 11.6 Å². The van der Waals surface area contributed by atoms with E-state index in [1.165, 1.54) is 25.7 Å². The van der Waals surface area contributed by atoms with Gasteiger partial charge < -0.3 is 10.3 Å². The topological polar surface area (TPSA) is 71.2 Å². The fourth-order valence-corrected chi connectivity index (χ4v) is 3.72. The minimum absolute atomic E-state index is 0.0699. The highest BCUT2D eigenvalue weighted by Crippen LogP contribution is 2.36. The molecule has 1 aromatic rings. The third kappa shape index (κ3) is 2.38. The van der Waals surface area contributed by atoms with Gasteiger partial charge in [-0.25, -0.2) is 0 Å². The molecule has 1 aromatic heterocycles. The molecule has 2 aliphatic rings. The summed E-state index contributed by atoms with van der Waals surface area (Å²) in [6.07, 6.45) is 10.7. The summed E-state index contributed by atoms with van der Waals surface area (Å²) in [5.41, 5.74) is 3.83. The molecular weight excluding hydrogens is 252 g/mol. The Morgan fingerprint density at radius 2 is 2.10 bits per heavy atom. The molecule has 108 valence electrons. The molecule has 0 radical (unpaired) electrons. The van der Waals surface area contributed by atoms with E-state index in [-0.39, 0.29) is 5.91 Å². The minimum Gasteiger partial charge on any atom is -0.335 e. The number of carbonyl (C=O) groups excluding carboxylic acids is 1. The fourth-order valence-electron chi connectivity index (χ4n) is 3.72. The van der Waals surface area contributed by atoms with Crippen molar-refractivity contribution in [2.45, 2.75) is 44.6 Å². The molecule has 1 unspecified atom stereocenters. The summed E-state index contributed by atoms with van der Waals surface area (Å²) >= 11 is 0. The Morgan fingerprint density at radius 1 is 1.30 bits per heavy atom. The van der Waals surface area contributed by atoms with E-state index < -0.39 is 0 Å². The first-order valence-corrected chi connectivity index (χ1v) is 7.53. The van der Waals surface area contributed by atoms with Crippen molar-refractivity contribution in [2.24, 2.45) is 11.8 Å². The lowest BCUT2D eigenvalue weighted by atomic mass is 9.95. The third-order valence-electron chi connectivity index (χ3n) is 4.71. The SMILES string of the molecule is NNc1ccncc1C(=O)N1CCCC1C1CCCC1. The maximum absolute atomic E-state index is 12.8. The minimum atomic E-state index is 0.0699. The van der Waals surface area contributed by atoms with Crippen LogP contribution in [0.5, 0.6) is 0 Å². The predicted molar refractivity (Wildman–Crippen MR) is 78.1 cm³/mol. The van der Waals surface area contributed by atoms with E-state index in [1.807, 2.05) is 4.90 Å². The first kappa shape index (κ1) is 13.4. The average molecular weight is 274 g/mol. The molecule has 0 bridgehead atoms. The van der Waals surface area contributed by atoms with E-state index in [0.717, 1.165) is 19.4 Å². The quantitative estimate of drug-likeness (QED) is 0.654. The van der Waals surface area contributed by atoms with Crippen molar-refractivity contribution in [3.05, 3.63) is 24.0 Å². The summed E-state index contributed by atoms with van der Waals surface area (Å²) in [4.78, 5) is 18.9. The number of anilines is 1. The zero-order valence-corrected chi connectivity index (χ0v) is 11.7. The fraction of sp³-hybridized carbons (Fsp3) is 0.600. The van der Waals surface area contributed by atoms with E-state index >= 15 is 0 Å². The molecule has 1 aliphatic carbocycles. The maximum Gasteiger partial charge on any atom is 0.257 e. The van der Waals surface area contributed by atoms with Gasteiger partial charge in [0.05, 0.1) is 11.3 Å². The molecule has 1 saturated heterocycles. The molecule has 1 saturated carbocycles. The van der Waals surface area contributed by atoms with Gasteiger partial charge in [-0.3, -0.25) is 15.6 Å². The zero-order chi connectivity index (χ0) is 13.9. The molecule has 20 heavy (non-hydrogen) atoms. The number of nitrogens with one attached hydrogen (secondary N) is 1. The van der Waals surface area contributed by atoms with Crippen molar-refractivity contribution in [1.82, 2.24) is 9.88 Å². The van der Waals surface area contributed by atoms with E-state index in [1.54, 1.807) is 18.5 Å². The Labute approximate surface area is 119 Å². The molecule has 1 aliphatic heterocycles. The smallest absolute Gasteiger partial charge is 0.257 e. The second kappa shape index (κ2) is 5.79. The Balaban J connectivity index is 1.81. The molecule has 2 heterocycles. The number of nitrogen functional groups attached to an aromatic ring is 1. The van der Waals surface area contributed by atoms with Gasteiger partial charge in [0, 0.05) is 25.0 Å². The van der Waals surface area contributed by atoms with E-state index in [9.17, 15) is 4.79 Å². The number of aromatic nitrogens is 1. The molecule has 5 heteroatoms. The second-order valence-electron chi connectivity index (χ2n) is 5.82. The van der Waals surface area contributed by atoms with Crippen molar-refractivity contribution in [3.8, 4) is 0 Å². The number of likely N-dealkylation sites (tertiary alicyclic amines) is 1. The highest BCUT2D eigenvalue weighted by molar-refractivity contribution is 5.99. The monoisotopic (exact) mass is 274 g/mol. The van der Waals surface area contributed by atoms with Crippen molar-refractivity contribution in [1.29, 1.82) is 0 Å². The van der Waals surface area contributed by atoms with Crippen LogP contribution < -0.4 is 11.3 Å². The highest BCUT2D eigenvalue weighted by Gasteiger charge is 2.36. The molecule has 1 amide bonds. The van der Waals surface area contributed by atoms with Crippen LogP contribution in [0, 0.1) is 5.92 Å². The Kier molecular flexibility index (Phi) is 3.87. The van der Waals surface area contributed by atoms with Crippen molar-refractivity contribution < 1.29 is 4.79 Å². The van der Waals surface area contributed by atoms with Gasteiger partial charge in [0.25, 0.3) is 5.91 Å². The summed E-state index contributed by atoms with van der Waals surface area (Å²) in [5, 5.41) is 0. The van der Waals surface area contributed by atoms with Crippen LogP contribution in [-0.2, 0) is 0 Å². The summed E-state index contributed by atoms with van der Waals surface area (Å²) in [5.74, 6) is 6.25. The molecule has 3 rings (SSSR count). The molecule has 3 N–H and O–H groups in total. The number of pyridine rings is 1. The number of hydrazine groups is 1. The van der Waals surface area contributed by atoms with Crippen LogP contribution in [0.3, 0.4) is 0 Å². The molecule has 0 spiro atoms. The molecule has 2 fully saturated rings. The number of hydrogen-bond donors (Lipinski definition) is 2. The van der Waals surface area contributed by atoms with Gasteiger partial charge in [0.2, 0.25) is 0 Å². The average Bonchev–Trinajstić information content (AvgIpc) is 3.16. The summed E-state index contributed by atoms with van der Waals surface area (Å²) in [7, 11) is 0. The van der Waals surface area contributed by atoms with Crippen LogP contribution in [0.15, 0.2) is 18.5 Å². The van der Waals surface area contributed by atoms with Crippen molar-refractivity contribution in [3.63, 3.8) is 0 Å². The normalized spacial score (nSPS) is 23.2. The number of nitrogens with two attached hydrogens (primary N) is 1. The first-order chi connectivity index (χ1) is 9.81. The number of carbonyl (C=O) groups is 1. The second-order valence-corrected chi connectivity index (χ2v) is 5.82. The van der Waals surface area contributed by atoms with Gasteiger partial charge in [-0.2, -0.15) is 0 Å². The van der Waals surface area contributed by atoms with Gasteiger partial charge >= 0.3 is 0 Å². The lowest BCUT2D eigenvalue weighted by Gasteiger charge is -2.29. The number of hydrogen-bond acceptors (Lipinski definition) is 4. The van der Waals surface area contributed by atoms with Gasteiger partial charge in [0.1, 0.15) is 0 Å². The Morgan fingerprint density at radius 3 is 2.85 bits per heavy atom. The summed E-state index contributed by atoms with van der Waals surface area (Å²) < 4.78 is 0. The van der Waals surface area contributed by atoms with Crippen molar-refractivity contribution in [2.75, 3.05) is 12.0 Å². The number of amides is 1. The summed E-state index contributed by atoms with van der Waals surface area (Å²) in [6.45, 7) is 0.860. The predicted octanol–water partition coefficient (Wildman–Crippen LogP) is 2.16. The van der Waals surface area contributed by atoms with Crippen LogP contribution in [0.2, 0.25) is 0 Å². The van der Waals surface area contributed by atoms with E-state index in [4.69, 9.17) is 5.84 Å². The summed E-state index contributed by atoms with van der Waals surface area (Å²) in [6, 6.07) is 2.16. The molecule has 5 nitrogen and oxygen atoms in total. The first-order valence-electron chi connectivity index (χ1n) is 7.53. The van der Waals surface area contributed by atoms with Gasteiger partial charge in [-0.05, 0) is 37.7 Å². The van der Waals surface area contributed by atoms with Gasteiger partial charge in [0.15, 0.2) is 0 Å². The van der Waals surface area contributed by atoms with Crippen LogP contribution in [0.4, 0.5) is 5.69 Å². The standard InChI is InChI=1S/C15H22N4O/c16-18-13-7-8-17-10-12(13)15(20)19-9-3-6-14(19)11-4-1-2-5-11/h7-8,10-11,14H,1-6,9,16H2,(H,17,18). The molecule has 0 aromatic carbocycles. The Bertz CT molecular complexity index is 485. The van der Waals surface area contributed by atoms with Gasteiger partial charge in [-0.15, -0.1) is 0 Å². The number of nitrogens with zero attached hydrogens (tertiary/aromatic N) is 2. The number of rotatable bonds is 3. The van der Waals surface area contributed by atoms with Crippen LogP contribution in [-0.4, -0.2) is 28.4 Å². The lowest BCUT2D eigenvalue weighted by Crippen LogP contribution is -2.39. The van der Waals surface area contributed by atoms with Crippen LogP contribution >= 0.6 is 0 Å². The lowest BCUT2D eigenvalue weighted by molar-refractivity contribution is 0.0689. The van der Waals surface area contributed by atoms with Crippen LogP contribution in [0.25, 0.3) is 0 Å². The highest BCUT2D eigenvalue weighted by atomic mass is 16.2. The Hall–Kier alpha value is -1.62. The van der Waals surface area contributed by atoms with E-state index in [0.29, 0.717) is 23.2 Å². The largest absolute Gasteiger partial charge is 0.335 e.